The van der Waals surface area contributed by atoms with E-state index in [1.54, 1.807) is 13.4 Å². The van der Waals surface area contributed by atoms with Crippen LogP contribution >= 0.6 is 0 Å². The quantitative estimate of drug-likeness (QED) is 0.780. The topological polar surface area (TPSA) is 51.5 Å². The van der Waals surface area contributed by atoms with Crippen molar-refractivity contribution < 1.29 is 13.9 Å². The molecule has 1 heterocycles. The van der Waals surface area contributed by atoms with Crippen LogP contribution in [0.5, 0.6) is 5.75 Å². The predicted octanol–water partition coefficient (Wildman–Crippen LogP) is 3.79. The Morgan fingerprint density at radius 1 is 1.17 bits per heavy atom. The van der Waals surface area contributed by atoms with Crippen molar-refractivity contribution in [2.24, 2.45) is 0 Å². The Morgan fingerprint density at radius 2 is 2.04 bits per heavy atom. The lowest BCUT2D eigenvalue weighted by Gasteiger charge is -2.12. The van der Waals surface area contributed by atoms with Crippen LogP contribution in [0, 0.1) is 0 Å². The summed E-state index contributed by atoms with van der Waals surface area (Å²) in [4.78, 5) is 11.1. The van der Waals surface area contributed by atoms with Gasteiger partial charge in [-0.1, -0.05) is 12.1 Å². The van der Waals surface area contributed by atoms with Crippen molar-refractivity contribution in [1.82, 2.24) is 5.32 Å². The molecule has 0 unspecified atom stereocenters. The summed E-state index contributed by atoms with van der Waals surface area (Å²) in [7, 11) is 1.66. The first-order valence-electron chi connectivity index (χ1n) is 7.57. The van der Waals surface area contributed by atoms with Crippen molar-refractivity contribution in [1.29, 1.82) is 0 Å². The van der Waals surface area contributed by atoms with Crippen LogP contribution in [0.4, 0.5) is 0 Å². The number of carbonyl (C=O) groups is 1. The number of furan rings is 1. The van der Waals surface area contributed by atoms with Gasteiger partial charge in [-0.2, -0.15) is 0 Å². The highest BCUT2D eigenvalue weighted by Gasteiger charge is 2.11. The summed E-state index contributed by atoms with van der Waals surface area (Å²) < 4.78 is 10.9. The predicted molar refractivity (Wildman–Crippen MR) is 90.6 cm³/mol. The normalized spacial score (nSPS) is 10.7. The van der Waals surface area contributed by atoms with Crippen molar-refractivity contribution in [2.45, 2.75) is 13.3 Å². The Balaban J connectivity index is 2.06. The fourth-order valence-corrected chi connectivity index (χ4v) is 2.75. The van der Waals surface area contributed by atoms with Gasteiger partial charge in [-0.25, -0.2) is 0 Å². The number of amides is 1. The molecule has 0 saturated carbocycles. The van der Waals surface area contributed by atoms with E-state index < -0.39 is 0 Å². The standard InChI is InChI=1S/C19H19NO3/c1-13(21)20-10-9-14-5-7-17(19-4-3-11-23-19)16-8-6-15(22-2)12-18(14)16/h3-8,11-12H,9-10H2,1-2H3,(H,20,21). The SMILES string of the molecule is COc1ccc2c(-c3ccco3)ccc(CCNC(C)=O)c2c1. The molecule has 0 aliphatic carbocycles. The Hall–Kier alpha value is -2.75. The summed E-state index contributed by atoms with van der Waals surface area (Å²) in [5, 5.41) is 5.07. The third kappa shape index (κ3) is 3.21. The minimum Gasteiger partial charge on any atom is -0.497 e. The zero-order valence-corrected chi connectivity index (χ0v) is 13.3. The molecule has 1 amide bonds. The van der Waals surface area contributed by atoms with Crippen LogP contribution in [-0.2, 0) is 11.2 Å². The van der Waals surface area contributed by atoms with Gasteiger partial charge < -0.3 is 14.5 Å². The lowest BCUT2D eigenvalue weighted by Crippen LogP contribution is -2.22. The largest absolute Gasteiger partial charge is 0.497 e. The molecule has 1 aromatic heterocycles. The molecule has 23 heavy (non-hydrogen) atoms. The molecule has 0 radical (unpaired) electrons. The third-order valence-corrected chi connectivity index (χ3v) is 3.87. The first kappa shape index (κ1) is 15.2. The van der Waals surface area contributed by atoms with E-state index in [4.69, 9.17) is 9.15 Å². The molecule has 0 atom stereocenters. The summed E-state index contributed by atoms with van der Waals surface area (Å²) in [6, 6.07) is 14.0. The Kier molecular flexibility index (Phi) is 4.33. The van der Waals surface area contributed by atoms with Crippen molar-refractivity contribution in [3.05, 3.63) is 54.3 Å². The van der Waals surface area contributed by atoms with Crippen LogP contribution in [0.2, 0.25) is 0 Å². The van der Waals surface area contributed by atoms with E-state index in [2.05, 4.69) is 17.4 Å². The lowest BCUT2D eigenvalue weighted by atomic mass is 9.96. The van der Waals surface area contributed by atoms with Gasteiger partial charge in [0.05, 0.1) is 13.4 Å². The van der Waals surface area contributed by atoms with Crippen LogP contribution < -0.4 is 10.1 Å². The fraction of sp³-hybridized carbons (Fsp3) is 0.211. The molecular weight excluding hydrogens is 290 g/mol. The molecule has 4 nitrogen and oxygen atoms in total. The molecule has 2 aromatic carbocycles. The number of ether oxygens (including phenoxy) is 1. The number of methoxy groups -OCH3 is 1. The summed E-state index contributed by atoms with van der Waals surface area (Å²) in [5.74, 6) is 1.64. The van der Waals surface area contributed by atoms with Crippen LogP contribution in [0.1, 0.15) is 12.5 Å². The van der Waals surface area contributed by atoms with E-state index in [0.717, 1.165) is 34.3 Å². The van der Waals surface area contributed by atoms with Gasteiger partial charge in [0, 0.05) is 19.0 Å². The molecule has 4 heteroatoms. The van der Waals surface area contributed by atoms with Crippen LogP contribution in [0.15, 0.2) is 53.1 Å². The Bertz CT molecular complexity index is 822. The number of carbonyl (C=O) groups excluding carboxylic acids is 1. The fourth-order valence-electron chi connectivity index (χ4n) is 2.75. The summed E-state index contributed by atoms with van der Waals surface area (Å²) in [6.45, 7) is 2.14. The van der Waals surface area contributed by atoms with E-state index in [9.17, 15) is 4.79 Å². The minimum atomic E-state index is -0.0147. The van der Waals surface area contributed by atoms with Crippen molar-refractivity contribution in [3.63, 3.8) is 0 Å². The second-order valence-electron chi connectivity index (χ2n) is 5.39. The second kappa shape index (κ2) is 6.57. The first-order chi connectivity index (χ1) is 11.2. The Labute approximate surface area is 135 Å². The van der Waals surface area contributed by atoms with Gasteiger partial charge in [0.2, 0.25) is 5.91 Å². The molecule has 0 aliphatic rings. The van der Waals surface area contributed by atoms with Crippen LogP contribution in [0.25, 0.3) is 22.1 Å². The molecule has 118 valence electrons. The minimum absolute atomic E-state index is 0.0147. The van der Waals surface area contributed by atoms with Crippen molar-refractivity contribution in [2.75, 3.05) is 13.7 Å². The second-order valence-corrected chi connectivity index (χ2v) is 5.39. The molecule has 0 saturated heterocycles. The molecule has 1 N–H and O–H groups in total. The molecule has 0 aliphatic heterocycles. The zero-order valence-electron chi connectivity index (χ0n) is 13.3. The summed E-state index contributed by atoms with van der Waals surface area (Å²) in [5.41, 5.74) is 2.22. The number of hydrogen-bond acceptors (Lipinski definition) is 3. The maximum Gasteiger partial charge on any atom is 0.216 e. The summed E-state index contributed by atoms with van der Waals surface area (Å²) >= 11 is 0. The maximum absolute atomic E-state index is 11.1. The highest BCUT2D eigenvalue weighted by Crippen LogP contribution is 2.33. The van der Waals surface area contributed by atoms with Crippen LogP contribution in [0.3, 0.4) is 0 Å². The third-order valence-electron chi connectivity index (χ3n) is 3.87. The molecule has 3 rings (SSSR count). The van der Waals surface area contributed by atoms with E-state index in [-0.39, 0.29) is 5.91 Å². The molecular formula is C19H19NO3. The average molecular weight is 309 g/mol. The Morgan fingerprint density at radius 3 is 2.74 bits per heavy atom. The number of rotatable bonds is 5. The number of nitrogens with one attached hydrogen (secondary N) is 1. The number of fused-ring (bicyclic) bond motifs is 1. The van der Waals surface area contributed by atoms with E-state index in [1.807, 2.05) is 30.3 Å². The molecule has 0 bridgehead atoms. The monoisotopic (exact) mass is 309 g/mol. The number of benzene rings is 2. The highest BCUT2D eigenvalue weighted by atomic mass is 16.5. The van der Waals surface area contributed by atoms with Crippen molar-refractivity contribution in [3.8, 4) is 17.1 Å². The highest BCUT2D eigenvalue weighted by molar-refractivity contribution is 5.98. The van der Waals surface area contributed by atoms with E-state index in [0.29, 0.717) is 6.54 Å². The maximum atomic E-state index is 11.1. The van der Waals surface area contributed by atoms with Gasteiger partial charge in [-0.3, -0.25) is 4.79 Å². The van der Waals surface area contributed by atoms with E-state index >= 15 is 0 Å². The van der Waals surface area contributed by atoms with E-state index in [1.165, 1.54) is 12.5 Å². The molecule has 3 aromatic rings. The van der Waals surface area contributed by atoms with Crippen LogP contribution in [-0.4, -0.2) is 19.6 Å². The smallest absolute Gasteiger partial charge is 0.216 e. The summed E-state index contributed by atoms with van der Waals surface area (Å²) in [6.07, 6.45) is 2.44. The molecule has 0 fully saturated rings. The van der Waals surface area contributed by atoms with Gasteiger partial charge in [-0.05, 0) is 53.1 Å². The lowest BCUT2D eigenvalue weighted by molar-refractivity contribution is -0.118. The zero-order chi connectivity index (χ0) is 16.2. The van der Waals surface area contributed by atoms with Gasteiger partial charge >= 0.3 is 0 Å². The van der Waals surface area contributed by atoms with Gasteiger partial charge in [0.1, 0.15) is 11.5 Å². The number of hydrogen-bond donors (Lipinski definition) is 1. The van der Waals surface area contributed by atoms with Gasteiger partial charge in [-0.15, -0.1) is 0 Å². The first-order valence-corrected chi connectivity index (χ1v) is 7.57. The van der Waals surface area contributed by atoms with Crippen molar-refractivity contribution >= 4 is 16.7 Å². The molecule has 0 spiro atoms. The van der Waals surface area contributed by atoms with Gasteiger partial charge in [0.15, 0.2) is 0 Å². The van der Waals surface area contributed by atoms with Gasteiger partial charge in [0.25, 0.3) is 0 Å². The average Bonchev–Trinajstić information content (AvgIpc) is 3.08.